The summed E-state index contributed by atoms with van der Waals surface area (Å²) in [4.78, 5) is 12.4. The van der Waals surface area contributed by atoms with Crippen LogP contribution >= 0.6 is 15.9 Å². The predicted octanol–water partition coefficient (Wildman–Crippen LogP) is 5.59. The normalized spacial score (nSPS) is 14.5. The Bertz CT molecular complexity index is 1000. The first-order valence-corrected chi connectivity index (χ1v) is 10.9. The molecule has 154 valence electrons. The Labute approximate surface area is 185 Å². The zero-order chi connectivity index (χ0) is 21.1. The van der Waals surface area contributed by atoms with Crippen LogP contribution in [0, 0.1) is 0 Å². The fourth-order valence-electron chi connectivity index (χ4n) is 4.06. The van der Waals surface area contributed by atoms with Crippen LogP contribution in [0.25, 0.3) is 11.1 Å². The van der Waals surface area contributed by atoms with Crippen LogP contribution in [0.3, 0.4) is 0 Å². The average Bonchev–Trinajstić information content (AvgIpc) is 3.10. The lowest BCUT2D eigenvalue weighted by Crippen LogP contribution is -2.40. The summed E-state index contributed by atoms with van der Waals surface area (Å²) < 4.78 is 6.50. The molecule has 1 unspecified atom stereocenters. The molecule has 0 saturated carbocycles. The van der Waals surface area contributed by atoms with Crippen LogP contribution in [-0.2, 0) is 10.3 Å². The molecule has 0 aliphatic heterocycles. The zero-order valence-electron chi connectivity index (χ0n) is 16.8. The molecule has 0 fully saturated rings. The van der Waals surface area contributed by atoms with Gasteiger partial charge in [0, 0.05) is 10.4 Å². The van der Waals surface area contributed by atoms with Gasteiger partial charge in [-0.15, -0.1) is 0 Å². The van der Waals surface area contributed by atoms with Crippen molar-refractivity contribution in [2.45, 2.75) is 24.9 Å². The monoisotopic (exact) mass is 465 g/mol. The number of rotatable bonds is 6. The molecule has 3 aromatic carbocycles. The third-order valence-corrected chi connectivity index (χ3v) is 6.36. The third kappa shape index (κ3) is 4.00. The maximum atomic E-state index is 12.4. The van der Waals surface area contributed by atoms with Crippen LogP contribution in [-0.4, -0.2) is 24.4 Å². The smallest absolute Gasteiger partial charge is 0.407 e. The van der Waals surface area contributed by atoms with E-state index in [1.807, 2.05) is 55.5 Å². The second-order valence-corrected chi connectivity index (χ2v) is 8.49. The molecule has 0 aromatic heterocycles. The van der Waals surface area contributed by atoms with Crippen molar-refractivity contribution >= 4 is 22.0 Å². The highest BCUT2D eigenvalue weighted by Crippen LogP contribution is 2.44. The highest BCUT2D eigenvalue weighted by Gasteiger charge is 2.30. The van der Waals surface area contributed by atoms with E-state index in [0.717, 1.165) is 10.0 Å². The molecule has 1 aliphatic carbocycles. The zero-order valence-corrected chi connectivity index (χ0v) is 18.4. The second kappa shape index (κ2) is 8.62. The largest absolute Gasteiger partial charge is 0.449 e. The summed E-state index contributed by atoms with van der Waals surface area (Å²) in [5, 5.41) is 13.7. The van der Waals surface area contributed by atoms with Crippen LogP contribution in [0.4, 0.5) is 4.79 Å². The molecular formula is C25H24BrNO3. The molecule has 0 heterocycles. The first kappa shape index (κ1) is 20.6. The van der Waals surface area contributed by atoms with E-state index < -0.39 is 11.7 Å². The Morgan fingerprint density at radius 3 is 2.13 bits per heavy atom. The minimum absolute atomic E-state index is 0.0136. The van der Waals surface area contributed by atoms with Crippen LogP contribution in [0.1, 0.15) is 36.0 Å². The number of aliphatic hydroxyl groups is 1. The fraction of sp³-hybridized carbons (Fsp3) is 0.240. The maximum absolute atomic E-state index is 12.4. The summed E-state index contributed by atoms with van der Waals surface area (Å²) in [6, 6.07) is 23.9. The van der Waals surface area contributed by atoms with E-state index in [4.69, 9.17) is 4.74 Å². The van der Waals surface area contributed by atoms with Gasteiger partial charge in [0.1, 0.15) is 12.2 Å². The summed E-state index contributed by atoms with van der Waals surface area (Å²) >= 11 is 3.40. The quantitative estimate of drug-likeness (QED) is 0.498. The number of fused-ring (bicyclic) bond motifs is 3. The van der Waals surface area contributed by atoms with Crippen molar-refractivity contribution in [2.75, 3.05) is 13.2 Å². The Balaban J connectivity index is 1.41. The van der Waals surface area contributed by atoms with Gasteiger partial charge in [0.15, 0.2) is 0 Å². The number of amides is 1. The second-order valence-electron chi connectivity index (χ2n) is 7.57. The number of halogens is 1. The average molecular weight is 466 g/mol. The fourth-order valence-corrected chi connectivity index (χ4v) is 4.32. The molecule has 0 saturated heterocycles. The third-order valence-electron chi connectivity index (χ3n) is 5.84. The summed E-state index contributed by atoms with van der Waals surface area (Å²) in [6.07, 6.45) is -0.0565. The Kier molecular flexibility index (Phi) is 5.93. The highest BCUT2D eigenvalue weighted by molar-refractivity contribution is 9.10. The Hall–Kier alpha value is -2.63. The van der Waals surface area contributed by atoms with Crippen molar-refractivity contribution in [1.82, 2.24) is 5.32 Å². The number of benzene rings is 3. The van der Waals surface area contributed by atoms with E-state index in [0.29, 0.717) is 6.42 Å². The van der Waals surface area contributed by atoms with Crippen molar-refractivity contribution in [1.29, 1.82) is 0 Å². The molecule has 1 atom stereocenters. The van der Waals surface area contributed by atoms with Gasteiger partial charge in [-0.1, -0.05) is 83.5 Å². The number of carbonyl (C=O) groups excluding carboxylic acids is 1. The Morgan fingerprint density at radius 2 is 1.57 bits per heavy atom. The standard InChI is InChI=1S/C25H24BrNO3/c1-2-25(29,17-11-13-18(26)14-12-17)16-27-24(28)30-15-23-21-9-5-3-7-19(21)20-8-4-6-10-22(20)23/h3-14,23,29H,2,15-16H2,1H3,(H,27,28). The van der Waals surface area contributed by atoms with E-state index in [1.165, 1.54) is 22.3 Å². The molecule has 4 rings (SSSR count). The molecule has 30 heavy (non-hydrogen) atoms. The van der Waals surface area contributed by atoms with Crippen molar-refractivity contribution in [3.63, 3.8) is 0 Å². The topological polar surface area (TPSA) is 58.6 Å². The molecule has 0 radical (unpaired) electrons. The number of hydrogen-bond acceptors (Lipinski definition) is 3. The summed E-state index contributed by atoms with van der Waals surface area (Å²) in [7, 11) is 0. The lowest BCUT2D eigenvalue weighted by atomic mass is 9.91. The van der Waals surface area contributed by atoms with Crippen molar-refractivity contribution in [3.8, 4) is 11.1 Å². The van der Waals surface area contributed by atoms with Crippen LogP contribution < -0.4 is 5.32 Å². The van der Waals surface area contributed by atoms with Crippen LogP contribution in [0.15, 0.2) is 77.3 Å². The van der Waals surface area contributed by atoms with Gasteiger partial charge in [-0.25, -0.2) is 4.79 Å². The predicted molar refractivity (Wildman–Crippen MR) is 121 cm³/mol. The van der Waals surface area contributed by atoms with Gasteiger partial charge < -0.3 is 15.2 Å². The molecule has 2 N–H and O–H groups in total. The van der Waals surface area contributed by atoms with Gasteiger partial charge >= 0.3 is 6.09 Å². The van der Waals surface area contributed by atoms with Crippen molar-refractivity contribution in [3.05, 3.63) is 94.0 Å². The van der Waals surface area contributed by atoms with E-state index in [9.17, 15) is 9.90 Å². The van der Waals surface area contributed by atoms with Gasteiger partial charge in [-0.2, -0.15) is 0 Å². The maximum Gasteiger partial charge on any atom is 0.407 e. The van der Waals surface area contributed by atoms with Crippen molar-refractivity contribution < 1.29 is 14.6 Å². The van der Waals surface area contributed by atoms with E-state index in [2.05, 4.69) is 45.5 Å². The first-order chi connectivity index (χ1) is 14.5. The van der Waals surface area contributed by atoms with Crippen molar-refractivity contribution in [2.24, 2.45) is 0 Å². The van der Waals surface area contributed by atoms with Gasteiger partial charge in [0.05, 0.1) is 6.54 Å². The lowest BCUT2D eigenvalue weighted by Gasteiger charge is -2.27. The molecule has 3 aromatic rings. The molecule has 4 nitrogen and oxygen atoms in total. The molecule has 0 bridgehead atoms. The van der Waals surface area contributed by atoms with Crippen LogP contribution in [0.2, 0.25) is 0 Å². The Morgan fingerprint density at radius 1 is 1.00 bits per heavy atom. The number of carbonyl (C=O) groups is 1. The highest BCUT2D eigenvalue weighted by atomic mass is 79.9. The summed E-state index contributed by atoms with van der Waals surface area (Å²) in [5.41, 5.74) is 4.34. The molecule has 0 spiro atoms. The number of nitrogens with one attached hydrogen (secondary N) is 1. The molecule has 1 aliphatic rings. The number of ether oxygens (including phenoxy) is 1. The van der Waals surface area contributed by atoms with Gasteiger partial charge in [-0.05, 0) is 46.4 Å². The SMILES string of the molecule is CCC(O)(CNC(=O)OCC1c2ccccc2-c2ccccc21)c1ccc(Br)cc1. The number of hydrogen-bond donors (Lipinski definition) is 2. The molecule has 1 amide bonds. The van der Waals surface area contributed by atoms with Gasteiger partial charge in [0.25, 0.3) is 0 Å². The van der Waals surface area contributed by atoms with Crippen LogP contribution in [0.5, 0.6) is 0 Å². The minimum atomic E-state index is -1.15. The van der Waals surface area contributed by atoms with E-state index >= 15 is 0 Å². The van der Waals surface area contributed by atoms with E-state index in [-0.39, 0.29) is 19.1 Å². The summed E-state index contributed by atoms with van der Waals surface area (Å²) in [6.45, 7) is 2.23. The van der Waals surface area contributed by atoms with Gasteiger partial charge in [0.2, 0.25) is 0 Å². The number of alkyl carbamates (subject to hydrolysis) is 1. The van der Waals surface area contributed by atoms with E-state index in [1.54, 1.807) is 0 Å². The molecular weight excluding hydrogens is 442 g/mol. The minimum Gasteiger partial charge on any atom is -0.449 e. The first-order valence-electron chi connectivity index (χ1n) is 10.1. The van der Waals surface area contributed by atoms with Gasteiger partial charge in [-0.3, -0.25) is 0 Å². The summed E-state index contributed by atoms with van der Waals surface area (Å²) in [5.74, 6) is 0.0136. The lowest BCUT2D eigenvalue weighted by molar-refractivity contribution is 0.0308. The molecule has 5 heteroatoms.